The minimum atomic E-state index is -3.72. The molecule has 0 aromatic heterocycles. The van der Waals surface area contributed by atoms with Crippen molar-refractivity contribution in [2.24, 2.45) is 5.14 Å². The van der Waals surface area contributed by atoms with E-state index in [-0.39, 0.29) is 18.1 Å². The summed E-state index contributed by atoms with van der Waals surface area (Å²) in [6.45, 7) is 0.236. The van der Waals surface area contributed by atoms with Gasteiger partial charge in [-0.1, -0.05) is 12.1 Å². The fourth-order valence-corrected chi connectivity index (χ4v) is 3.01. The summed E-state index contributed by atoms with van der Waals surface area (Å²) < 4.78 is 32.9. The summed E-state index contributed by atoms with van der Waals surface area (Å²) in [6.07, 6.45) is 1.89. The number of hydrogen-bond donors (Lipinski definition) is 1. The van der Waals surface area contributed by atoms with Crippen molar-refractivity contribution in [1.82, 2.24) is 0 Å². The van der Waals surface area contributed by atoms with Crippen molar-refractivity contribution in [2.45, 2.75) is 9.79 Å². The molecule has 0 bridgehead atoms. The molecule has 2 aromatic carbocycles. The van der Waals surface area contributed by atoms with Gasteiger partial charge in [-0.05, 0) is 42.7 Å². The van der Waals surface area contributed by atoms with Crippen LogP contribution < -0.4 is 9.88 Å². The predicted octanol–water partition coefficient (Wildman–Crippen LogP) is 2.29. The van der Waals surface area contributed by atoms with Crippen LogP contribution in [0.5, 0.6) is 5.75 Å². The Balaban J connectivity index is 1.83. The average Bonchev–Trinajstić information content (AvgIpc) is 2.58. The van der Waals surface area contributed by atoms with Gasteiger partial charge in [-0.3, -0.25) is 0 Å². The van der Waals surface area contributed by atoms with Crippen LogP contribution in [-0.4, -0.2) is 33.9 Å². The molecule has 0 atom stereocenters. The number of benzene rings is 2. The molecule has 2 aromatic rings. The molecule has 8 heteroatoms. The molecule has 2 rings (SSSR count). The number of thioether (sulfide) groups is 1. The lowest BCUT2D eigenvalue weighted by Gasteiger charge is -2.09. The normalized spacial score (nSPS) is 11.1. The number of rotatable bonds is 7. The molecule has 0 aliphatic rings. The van der Waals surface area contributed by atoms with Gasteiger partial charge in [0.15, 0.2) is 0 Å². The molecular formula is C16H17NO5S2. The van der Waals surface area contributed by atoms with Gasteiger partial charge in [-0.25, -0.2) is 18.4 Å². The first-order valence-corrected chi connectivity index (χ1v) is 9.75. The van der Waals surface area contributed by atoms with Crippen LogP contribution in [-0.2, 0) is 14.8 Å². The van der Waals surface area contributed by atoms with Crippen molar-refractivity contribution in [3.05, 3.63) is 54.1 Å². The van der Waals surface area contributed by atoms with E-state index in [1.807, 2.05) is 18.4 Å². The standard InChI is InChI=1S/C16H17NO5S2/c1-23-15-5-3-2-4-14(15)16(18)22-11-10-21-12-6-8-13(9-7-12)24(17,19)20/h2-9H,10-11H2,1H3,(H2,17,19,20). The topological polar surface area (TPSA) is 95.7 Å². The first kappa shape index (κ1) is 18.3. The van der Waals surface area contributed by atoms with E-state index in [1.165, 1.54) is 36.0 Å². The molecule has 0 radical (unpaired) electrons. The molecular weight excluding hydrogens is 350 g/mol. The summed E-state index contributed by atoms with van der Waals surface area (Å²) in [5.41, 5.74) is 0.516. The van der Waals surface area contributed by atoms with Crippen molar-refractivity contribution in [1.29, 1.82) is 0 Å². The SMILES string of the molecule is CSc1ccccc1C(=O)OCCOc1ccc(S(N)(=O)=O)cc1. The maximum atomic E-state index is 12.0. The minimum absolute atomic E-state index is 0.00921. The van der Waals surface area contributed by atoms with Gasteiger partial charge in [-0.15, -0.1) is 11.8 Å². The number of primary sulfonamides is 1. The zero-order chi connectivity index (χ0) is 17.6. The van der Waals surface area contributed by atoms with Crippen LogP contribution in [0.2, 0.25) is 0 Å². The number of carbonyl (C=O) groups is 1. The number of carbonyl (C=O) groups excluding carboxylic acids is 1. The highest BCUT2D eigenvalue weighted by Crippen LogP contribution is 2.20. The highest BCUT2D eigenvalue weighted by atomic mass is 32.2. The van der Waals surface area contributed by atoms with E-state index in [2.05, 4.69) is 0 Å². The predicted molar refractivity (Wildman–Crippen MR) is 91.8 cm³/mol. The third-order valence-corrected chi connectivity index (χ3v) is 4.79. The second-order valence-electron chi connectivity index (χ2n) is 4.70. The molecule has 0 spiro atoms. The largest absolute Gasteiger partial charge is 0.490 e. The Labute approximate surface area is 145 Å². The Bertz CT molecular complexity index is 803. The molecule has 0 heterocycles. The zero-order valence-corrected chi connectivity index (χ0v) is 14.6. The van der Waals surface area contributed by atoms with Crippen molar-refractivity contribution >= 4 is 27.8 Å². The van der Waals surface area contributed by atoms with E-state index in [0.717, 1.165) is 4.90 Å². The molecule has 0 amide bonds. The number of sulfonamides is 1. The lowest BCUT2D eigenvalue weighted by molar-refractivity contribution is 0.0446. The van der Waals surface area contributed by atoms with Gasteiger partial charge in [0.1, 0.15) is 19.0 Å². The van der Waals surface area contributed by atoms with Crippen LogP contribution >= 0.6 is 11.8 Å². The third-order valence-electron chi connectivity index (χ3n) is 3.06. The maximum absolute atomic E-state index is 12.0. The van der Waals surface area contributed by atoms with E-state index in [9.17, 15) is 13.2 Å². The van der Waals surface area contributed by atoms with Crippen molar-refractivity contribution in [2.75, 3.05) is 19.5 Å². The Morgan fingerprint density at radius 1 is 1.08 bits per heavy atom. The number of esters is 1. The van der Waals surface area contributed by atoms with Crippen LogP contribution in [0.4, 0.5) is 0 Å². The van der Waals surface area contributed by atoms with Crippen LogP contribution in [0.1, 0.15) is 10.4 Å². The van der Waals surface area contributed by atoms with Gasteiger partial charge in [0, 0.05) is 4.90 Å². The first-order valence-electron chi connectivity index (χ1n) is 6.97. The average molecular weight is 367 g/mol. The molecule has 0 aliphatic carbocycles. The smallest absolute Gasteiger partial charge is 0.339 e. The van der Waals surface area contributed by atoms with Crippen LogP contribution in [0.15, 0.2) is 58.3 Å². The van der Waals surface area contributed by atoms with Gasteiger partial charge >= 0.3 is 5.97 Å². The van der Waals surface area contributed by atoms with E-state index in [1.54, 1.807) is 12.1 Å². The second kappa shape index (κ2) is 8.18. The van der Waals surface area contributed by atoms with Crippen molar-refractivity contribution in [3.8, 4) is 5.75 Å². The molecule has 0 saturated carbocycles. The lowest BCUT2D eigenvalue weighted by atomic mass is 10.2. The quantitative estimate of drug-likeness (QED) is 0.458. The minimum Gasteiger partial charge on any atom is -0.490 e. The maximum Gasteiger partial charge on any atom is 0.339 e. The number of hydrogen-bond acceptors (Lipinski definition) is 6. The van der Waals surface area contributed by atoms with E-state index >= 15 is 0 Å². The van der Waals surface area contributed by atoms with Gasteiger partial charge in [0.2, 0.25) is 10.0 Å². The van der Waals surface area contributed by atoms with Gasteiger partial charge in [0.05, 0.1) is 10.5 Å². The zero-order valence-electron chi connectivity index (χ0n) is 13.0. The summed E-state index contributed by atoms with van der Waals surface area (Å²) in [6, 6.07) is 12.9. The highest BCUT2D eigenvalue weighted by Gasteiger charge is 2.11. The molecule has 6 nitrogen and oxygen atoms in total. The van der Waals surface area contributed by atoms with E-state index in [4.69, 9.17) is 14.6 Å². The molecule has 0 aliphatic heterocycles. The highest BCUT2D eigenvalue weighted by molar-refractivity contribution is 7.98. The lowest BCUT2D eigenvalue weighted by Crippen LogP contribution is -2.13. The van der Waals surface area contributed by atoms with Crippen molar-refractivity contribution < 1.29 is 22.7 Å². The van der Waals surface area contributed by atoms with Crippen LogP contribution in [0.3, 0.4) is 0 Å². The molecule has 2 N–H and O–H groups in total. The van der Waals surface area contributed by atoms with Crippen LogP contribution in [0.25, 0.3) is 0 Å². The fraction of sp³-hybridized carbons (Fsp3) is 0.188. The van der Waals surface area contributed by atoms with Gasteiger partial charge in [0.25, 0.3) is 0 Å². The summed E-state index contributed by atoms with van der Waals surface area (Å²) >= 11 is 1.47. The summed E-state index contributed by atoms with van der Waals surface area (Å²) in [5.74, 6) is 0.0519. The number of nitrogens with two attached hydrogens (primary N) is 1. The molecule has 0 saturated heterocycles. The fourth-order valence-electron chi connectivity index (χ4n) is 1.91. The Morgan fingerprint density at radius 2 is 1.75 bits per heavy atom. The Kier molecular flexibility index (Phi) is 6.24. The molecule has 24 heavy (non-hydrogen) atoms. The summed E-state index contributed by atoms with van der Waals surface area (Å²) in [4.78, 5) is 12.9. The first-order chi connectivity index (χ1) is 11.4. The summed E-state index contributed by atoms with van der Waals surface area (Å²) in [7, 11) is -3.72. The van der Waals surface area contributed by atoms with Crippen molar-refractivity contribution in [3.63, 3.8) is 0 Å². The number of ether oxygens (including phenoxy) is 2. The van der Waals surface area contributed by atoms with Crippen LogP contribution in [0, 0.1) is 0 Å². The summed E-state index contributed by atoms with van der Waals surface area (Å²) in [5, 5.41) is 5.01. The molecule has 128 valence electrons. The van der Waals surface area contributed by atoms with E-state index in [0.29, 0.717) is 11.3 Å². The molecule has 0 fully saturated rings. The Hall–Kier alpha value is -2.03. The van der Waals surface area contributed by atoms with Gasteiger partial charge in [-0.2, -0.15) is 0 Å². The second-order valence-corrected chi connectivity index (χ2v) is 7.11. The third kappa shape index (κ3) is 4.98. The Morgan fingerprint density at radius 3 is 2.38 bits per heavy atom. The monoisotopic (exact) mass is 367 g/mol. The van der Waals surface area contributed by atoms with Gasteiger partial charge < -0.3 is 9.47 Å². The van der Waals surface area contributed by atoms with E-state index < -0.39 is 16.0 Å². The molecule has 0 unspecified atom stereocenters.